The van der Waals surface area contributed by atoms with E-state index in [9.17, 15) is 4.79 Å². The highest BCUT2D eigenvalue weighted by atomic mass is 32.1. The molecule has 0 aromatic carbocycles. The van der Waals surface area contributed by atoms with Crippen molar-refractivity contribution in [2.24, 2.45) is 0 Å². The number of rotatable bonds is 6. The van der Waals surface area contributed by atoms with Crippen LogP contribution in [0.3, 0.4) is 0 Å². The Morgan fingerprint density at radius 2 is 2.12 bits per heavy atom. The van der Waals surface area contributed by atoms with Gasteiger partial charge in [0.05, 0.1) is 11.5 Å². The van der Waals surface area contributed by atoms with Crippen LogP contribution >= 0.6 is 11.3 Å². The Bertz CT molecular complexity index is 367. The second kappa shape index (κ2) is 6.77. The van der Waals surface area contributed by atoms with Crippen LogP contribution in [0.2, 0.25) is 0 Å². The summed E-state index contributed by atoms with van der Waals surface area (Å²) in [5.74, 6) is 0.0497. The van der Waals surface area contributed by atoms with Gasteiger partial charge in [0.2, 0.25) is 0 Å². The molecule has 0 saturated carbocycles. The highest BCUT2D eigenvalue weighted by molar-refractivity contribution is 7.14. The summed E-state index contributed by atoms with van der Waals surface area (Å²) in [6.45, 7) is 7.33. The minimum Gasteiger partial charge on any atom is -0.395 e. The number of hydrogen-bond acceptors (Lipinski definition) is 3. The van der Waals surface area contributed by atoms with Gasteiger partial charge in [-0.15, -0.1) is 11.3 Å². The van der Waals surface area contributed by atoms with Crippen molar-refractivity contribution in [3.05, 3.63) is 21.4 Å². The van der Waals surface area contributed by atoms with Gasteiger partial charge in [-0.1, -0.05) is 13.8 Å². The number of thiophene rings is 1. The van der Waals surface area contributed by atoms with Crippen molar-refractivity contribution in [2.75, 3.05) is 19.7 Å². The van der Waals surface area contributed by atoms with E-state index in [1.54, 1.807) is 16.2 Å². The molecule has 17 heavy (non-hydrogen) atoms. The number of nitrogens with zero attached hydrogens (tertiary/aromatic N) is 1. The Kier molecular flexibility index (Phi) is 5.65. The minimum absolute atomic E-state index is 0.0245. The highest BCUT2D eigenvalue weighted by Crippen LogP contribution is 2.23. The molecule has 0 radical (unpaired) electrons. The summed E-state index contributed by atoms with van der Waals surface area (Å²) in [6, 6.07) is 1.96. The Labute approximate surface area is 107 Å². The minimum atomic E-state index is 0.0245. The van der Waals surface area contributed by atoms with Crippen LogP contribution in [0.4, 0.5) is 0 Å². The molecule has 0 atom stereocenters. The summed E-state index contributed by atoms with van der Waals surface area (Å²) in [6.07, 6.45) is 1.88. The van der Waals surface area contributed by atoms with Crippen LogP contribution in [0.1, 0.15) is 40.4 Å². The molecule has 0 saturated heterocycles. The fourth-order valence-corrected chi connectivity index (χ4v) is 2.92. The number of aryl methyl sites for hydroxylation is 2. The zero-order valence-corrected chi connectivity index (χ0v) is 11.6. The predicted molar refractivity (Wildman–Crippen MR) is 71.7 cm³/mol. The van der Waals surface area contributed by atoms with E-state index in [0.717, 1.165) is 17.7 Å². The molecule has 1 heterocycles. The van der Waals surface area contributed by atoms with Crippen LogP contribution in [0.15, 0.2) is 6.07 Å². The molecule has 4 heteroatoms. The Morgan fingerprint density at radius 3 is 2.59 bits per heavy atom. The monoisotopic (exact) mass is 255 g/mol. The molecule has 0 aliphatic heterocycles. The van der Waals surface area contributed by atoms with Crippen LogP contribution in [-0.2, 0) is 6.42 Å². The summed E-state index contributed by atoms with van der Waals surface area (Å²) in [5, 5.41) is 8.97. The van der Waals surface area contributed by atoms with E-state index in [1.807, 2.05) is 19.9 Å². The van der Waals surface area contributed by atoms with Gasteiger partial charge in [-0.25, -0.2) is 0 Å². The zero-order valence-electron chi connectivity index (χ0n) is 10.8. The van der Waals surface area contributed by atoms with Gasteiger partial charge >= 0.3 is 0 Å². The summed E-state index contributed by atoms with van der Waals surface area (Å²) in [4.78, 5) is 16.0. The summed E-state index contributed by atoms with van der Waals surface area (Å²) in [7, 11) is 0. The van der Waals surface area contributed by atoms with Crippen molar-refractivity contribution in [1.82, 2.24) is 4.90 Å². The van der Waals surface area contributed by atoms with Crippen molar-refractivity contribution in [3.63, 3.8) is 0 Å². The molecule has 1 amide bonds. The molecular formula is C13H21NO2S. The van der Waals surface area contributed by atoms with Crippen LogP contribution in [-0.4, -0.2) is 35.6 Å². The topological polar surface area (TPSA) is 40.5 Å². The van der Waals surface area contributed by atoms with E-state index in [-0.39, 0.29) is 12.5 Å². The number of carbonyl (C=O) groups excluding carboxylic acids is 1. The van der Waals surface area contributed by atoms with Gasteiger partial charge < -0.3 is 10.0 Å². The molecule has 0 fully saturated rings. The van der Waals surface area contributed by atoms with Crippen molar-refractivity contribution in [1.29, 1.82) is 0 Å². The van der Waals surface area contributed by atoms with Gasteiger partial charge in [-0.05, 0) is 31.4 Å². The number of aliphatic hydroxyl groups excluding tert-OH is 1. The van der Waals surface area contributed by atoms with E-state index >= 15 is 0 Å². The number of carbonyl (C=O) groups is 1. The van der Waals surface area contributed by atoms with E-state index in [4.69, 9.17) is 5.11 Å². The highest BCUT2D eigenvalue weighted by Gasteiger charge is 2.17. The third kappa shape index (κ3) is 3.54. The molecular weight excluding hydrogens is 234 g/mol. The van der Waals surface area contributed by atoms with Crippen LogP contribution in [0.5, 0.6) is 0 Å². The van der Waals surface area contributed by atoms with Gasteiger partial charge in [-0.2, -0.15) is 0 Å². The summed E-state index contributed by atoms with van der Waals surface area (Å²) >= 11 is 1.57. The Morgan fingerprint density at radius 1 is 1.41 bits per heavy atom. The average molecular weight is 255 g/mol. The quantitative estimate of drug-likeness (QED) is 0.848. The van der Waals surface area contributed by atoms with E-state index < -0.39 is 0 Å². The van der Waals surface area contributed by atoms with Crippen molar-refractivity contribution in [2.45, 2.75) is 33.6 Å². The molecule has 96 valence electrons. The predicted octanol–water partition coefficient (Wildman–Crippen LogP) is 2.46. The fraction of sp³-hybridized carbons (Fsp3) is 0.615. The molecule has 3 nitrogen and oxygen atoms in total. The van der Waals surface area contributed by atoms with Crippen LogP contribution < -0.4 is 0 Å². The molecule has 0 spiro atoms. The van der Waals surface area contributed by atoms with Gasteiger partial charge in [-0.3, -0.25) is 4.79 Å². The second-order valence-corrected chi connectivity index (χ2v) is 5.22. The standard InChI is InChI=1S/C13H21NO2S/c1-4-6-14(7-8-15)13(16)12-9-10(3)11(5-2)17-12/h9,15H,4-8H2,1-3H3. The number of hydrogen-bond donors (Lipinski definition) is 1. The molecule has 0 unspecified atom stereocenters. The fourth-order valence-electron chi connectivity index (χ4n) is 1.84. The van der Waals surface area contributed by atoms with Gasteiger partial charge in [0.15, 0.2) is 0 Å². The lowest BCUT2D eigenvalue weighted by atomic mass is 10.2. The van der Waals surface area contributed by atoms with Crippen molar-refractivity contribution in [3.8, 4) is 0 Å². The maximum atomic E-state index is 12.2. The average Bonchev–Trinajstić information content (AvgIpc) is 2.69. The molecule has 1 N–H and O–H groups in total. The molecule has 0 aliphatic carbocycles. The molecule has 0 bridgehead atoms. The molecule has 1 rings (SSSR count). The van der Waals surface area contributed by atoms with E-state index in [0.29, 0.717) is 13.1 Å². The first-order chi connectivity index (χ1) is 8.13. The van der Waals surface area contributed by atoms with E-state index in [1.165, 1.54) is 10.4 Å². The Balaban J connectivity index is 2.84. The lowest BCUT2D eigenvalue weighted by Gasteiger charge is -2.20. The van der Waals surface area contributed by atoms with Crippen LogP contribution in [0.25, 0.3) is 0 Å². The van der Waals surface area contributed by atoms with E-state index in [2.05, 4.69) is 6.92 Å². The largest absolute Gasteiger partial charge is 0.395 e. The Hall–Kier alpha value is -0.870. The first-order valence-electron chi connectivity index (χ1n) is 6.13. The third-order valence-electron chi connectivity index (χ3n) is 2.70. The lowest BCUT2D eigenvalue weighted by Crippen LogP contribution is -2.33. The van der Waals surface area contributed by atoms with Gasteiger partial charge in [0, 0.05) is 18.0 Å². The first kappa shape index (κ1) is 14.2. The molecule has 0 aliphatic rings. The number of amides is 1. The van der Waals surface area contributed by atoms with Crippen molar-refractivity contribution < 1.29 is 9.90 Å². The first-order valence-corrected chi connectivity index (χ1v) is 6.95. The maximum Gasteiger partial charge on any atom is 0.264 e. The molecule has 1 aromatic rings. The lowest BCUT2D eigenvalue weighted by molar-refractivity contribution is 0.0727. The molecule has 1 aromatic heterocycles. The second-order valence-electron chi connectivity index (χ2n) is 4.09. The number of aliphatic hydroxyl groups is 1. The smallest absolute Gasteiger partial charge is 0.264 e. The zero-order chi connectivity index (χ0) is 12.8. The SMILES string of the molecule is CCCN(CCO)C(=O)c1cc(C)c(CC)s1. The summed E-state index contributed by atoms with van der Waals surface area (Å²) in [5.41, 5.74) is 1.20. The maximum absolute atomic E-state index is 12.2. The van der Waals surface area contributed by atoms with Gasteiger partial charge in [0.25, 0.3) is 5.91 Å². The normalized spacial score (nSPS) is 10.6. The van der Waals surface area contributed by atoms with Crippen molar-refractivity contribution >= 4 is 17.2 Å². The third-order valence-corrected chi connectivity index (χ3v) is 4.07. The van der Waals surface area contributed by atoms with Gasteiger partial charge in [0.1, 0.15) is 0 Å². The summed E-state index contributed by atoms with van der Waals surface area (Å²) < 4.78 is 0. The van der Waals surface area contributed by atoms with Crippen LogP contribution in [0, 0.1) is 6.92 Å².